The van der Waals surface area contributed by atoms with Gasteiger partial charge in [-0.15, -0.1) is 0 Å². The van der Waals surface area contributed by atoms with E-state index in [0.29, 0.717) is 6.42 Å². The molecule has 0 aromatic carbocycles. The lowest BCUT2D eigenvalue weighted by molar-refractivity contribution is 0.274. The van der Waals surface area contributed by atoms with Crippen molar-refractivity contribution in [2.75, 3.05) is 20.9 Å². The lowest BCUT2D eigenvalue weighted by atomic mass is 10.6. The van der Waals surface area contributed by atoms with Crippen LogP contribution >= 0.6 is 0 Å². The lowest BCUT2D eigenvalue weighted by Gasteiger charge is -2.08. The largest absolute Gasteiger partial charge is 0.400 e. The third kappa shape index (κ3) is 4.56. The molecule has 0 saturated heterocycles. The van der Waals surface area contributed by atoms with Crippen LogP contribution in [0.3, 0.4) is 0 Å². The van der Waals surface area contributed by atoms with Crippen molar-refractivity contribution in [3.8, 4) is 0 Å². The number of hydrogen-bond acceptors (Lipinski definition) is 2. The van der Waals surface area contributed by atoms with Gasteiger partial charge in [-0.05, 0) is 12.5 Å². The van der Waals surface area contributed by atoms with Gasteiger partial charge in [-0.25, -0.2) is 0 Å². The van der Waals surface area contributed by atoms with Gasteiger partial charge >= 0.3 is 9.28 Å². The highest BCUT2D eigenvalue weighted by atomic mass is 28.3. The van der Waals surface area contributed by atoms with Gasteiger partial charge in [0.15, 0.2) is 0 Å². The second kappa shape index (κ2) is 6.19. The number of rotatable bonds is 5. The molecule has 0 atom stereocenters. The van der Waals surface area contributed by atoms with Crippen molar-refractivity contribution in [2.24, 2.45) is 0 Å². The first kappa shape index (κ1) is 9.07. The summed E-state index contributed by atoms with van der Waals surface area (Å²) in [4.78, 5) is 0. The van der Waals surface area contributed by atoms with E-state index < -0.39 is 9.28 Å². The second-order valence-electron chi connectivity index (χ2n) is 1.73. The van der Waals surface area contributed by atoms with Crippen LogP contribution in [0.15, 0.2) is 0 Å². The van der Waals surface area contributed by atoms with Gasteiger partial charge in [0, 0.05) is 14.2 Å². The molecular weight excluding hydrogens is 139 g/mol. The van der Waals surface area contributed by atoms with Crippen molar-refractivity contribution < 1.29 is 13.2 Å². The molecule has 56 valence electrons. The van der Waals surface area contributed by atoms with E-state index in [1.807, 2.05) is 0 Å². The zero-order chi connectivity index (χ0) is 7.11. The Hall–Kier alpha value is 0.0669. The van der Waals surface area contributed by atoms with Crippen LogP contribution in [-0.4, -0.2) is 30.2 Å². The van der Waals surface area contributed by atoms with Gasteiger partial charge in [0.05, 0.1) is 6.67 Å². The van der Waals surface area contributed by atoms with Gasteiger partial charge in [-0.1, -0.05) is 0 Å². The van der Waals surface area contributed by atoms with E-state index in [-0.39, 0.29) is 6.67 Å². The highest BCUT2D eigenvalue weighted by Crippen LogP contribution is 1.98. The molecule has 0 aliphatic rings. The predicted octanol–water partition coefficient (Wildman–Crippen LogP) is 0.859. The number of halogens is 1. The molecule has 2 nitrogen and oxygen atoms in total. The minimum atomic E-state index is -1.45. The highest BCUT2D eigenvalue weighted by Gasteiger charge is 2.07. The first-order chi connectivity index (χ1) is 4.35. The molecule has 0 bridgehead atoms. The van der Waals surface area contributed by atoms with E-state index in [4.69, 9.17) is 8.85 Å². The quantitative estimate of drug-likeness (QED) is 0.544. The van der Waals surface area contributed by atoms with E-state index in [2.05, 4.69) is 0 Å². The Morgan fingerprint density at radius 1 is 1.33 bits per heavy atom. The van der Waals surface area contributed by atoms with Gasteiger partial charge in [0.1, 0.15) is 0 Å². The zero-order valence-corrected chi connectivity index (χ0v) is 7.05. The minimum Gasteiger partial charge on any atom is -0.400 e. The summed E-state index contributed by atoms with van der Waals surface area (Å²) in [5.41, 5.74) is 0. The first-order valence-corrected chi connectivity index (χ1v) is 4.72. The average Bonchev–Trinajstić information content (AvgIpc) is 1.91. The predicted molar refractivity (Wildman–Crippen MR) is 36.6 cm³/mol. The molecular formula is C5H13FO2Si. The van der Waals surface area contributed by atoms with Gasteiger partial charge < -0.3 is 8.85 Å². The third-order valence-corrected chi connectivity index (χ3v) is 3.03. The maximum atomic E-state index is 11.5. The van der Waals surface area contributed by atoms with Crippen LogP contribution in [0.1, 0.15) is 6.42 Å². The molecule has 0 rings (SSSR count). The van der Waals surface area contributed by atoms with Gasteiger partial charge in [0.25, 0.3) is 0 Å². The summed E-state index contributed by atoms with van der Waals surface area (Å²) >= 11 is 0. The van der Waals surface area contributed by atoms with Crippen molar-refractivity contribution in [1.82, 2.24) is 0 Å². The fourth-order valence-corrected chi connectivity index (χ4v) is 1.73. The van der Waals surface area contributed by atoms with Crippen LogP contribution in [0, 0.1) is 0 Å². The Balaban J connectivity index is 3.09. The first-order valence-electron chi connectivity index (χ1n) is 2.96. The average molecular weight is 152 g/mol. The fraction of sp³-hybridized carbons (Fsp3) is 1.00. The highest BCUT2D eigenvalue weighted by molar-refractivity contribution is 6.44. The normalized spacial score (nSPS) is 10.7. The molecule has 0 saturated carbocycles. The van der Waals surface area contributed by atoms with Crippen molar-refractivity contribution in [2.45, 2.75) is 12.5 Å². The monoisotopic (exact) mass is 152 g/mol. The van der Waals surface area contributed by atoms with E-state index in [1.165, 1.54) is 0 Å². The van der Waals surface area contributed by atoms with Crippen molar-refractivity contribution in [1.29, 1.82) is 0 Å². The molecule has 4 heteroatoms. The molecule has 0 amide bonds. The summed E-state index contributed by atoms with van der Waals surface area (Å²) < 4.78 is 21.4. The van der Waals surface area contributed by atoms with E-state index in [1.54, 1.807) is 14.2 Å². The van der Waals surface area contributed by atoms with E-state index >= 15 is 0 Å². The van der Waals surface area contributed by atoms with Crippen molar-refractivity contribution in [3.63, 3.8) is 0 Å². The summed E-state index contributed by atoms with van der Waals surface area (Å²) in [6, 6.07) is 0.767. The SMILES string of the molecule is CO[SiH](CCCF)OC. The summed E-state index contributed by atoms with van der Waals surface area (Å²) in [7, 11) is 1.77. The fourth-order valence-electron chi connectivity index (χ4n) is 0.576. The van der Waals surface area contributed by atoms with E-state index in [0.717, 1.165) is 6.04 Å². The summed E-state index contributed by atoms with van der Waals surface area (Å²) in [5.74, 6) is 0. The Bertz CT molecular complexity index is 58.9. The van der Waals surface area contributed by atoms with Crippen LogP contribution in [0.4, 0.5) is 4.39 Å². The summed E-state index contributed by atoms with van der Waals surface area (Å²) in [6.45, 7) is -0.268. The van der Waals surface area contributed by atoms with Crippen LogP contribution in [0.2, 0.25) is 6.04 Å². The van der Waals surface area contributed by atoms with Crippen LogP contribution < -0.4 is 0 Å². The molecule has 0 aliphatic heterocycles. The Morgan fingerprint density at radius 3 is 2.22 bits per heavy atom. The molecule has 0 fully saturated rings. The second-order valence-corrected chi connectivity index (χ2v) is 4.11. The van der Waals surface area contributed by atoms with Crippen molar-refractivity contribution >= 4 is 9.28 Å². The molecule has 0 spiro atoms. The molecule has 0 aliphatic carbocycles. The standard InChI is InChI=1S/C5H13FO2Si/c1-7-9(8-2)5-3-4-6/h9H,3-5H2,1-2H3. The van der Waals surface area contributed by atoms with Crippen LogP contribution in [0.5, 0.6) is 0 Å². The molecule has 9 heavy (non-hydrogen) atoms. The summed E-state index contributed by atoms with van der Waals surface area (Å²) in [6.07, 6.45) is 0.568. The smallest absolute Gasteiger partial charge is 0.320 e. The van der Waals surface area contributed by atoms with Gasteiger partial charge in [-0.3, -0.25) is 4.39 Å². The molecule has 0 N–H and O–H groups in total. The lowest BCUT2D eigenvalue weighted by Crippen LogP contribution is -2.18. The molecule has 0 aromatic heterocycles. The molecule has 0 heterocycles. The third-order valence-electron chi connectivity index (χ3n) is 1.10. The van der Waals surface area contributed by atoms with E-state index in [9.17, 15) is 4.39 Å². The topological polar surface area (TPSA) is 18.5 Å². The zero-order valence-electron chi connectivity index (χ0n) is 5.89. The van der Waals surface area contributed by atoms with Gasteiger partial charge in [-0.2, -0.15) is 0 Å². The summed E-state index contributed by atoms with van der Waals surface area (Å²) in [5, 5.41) is 0. The number of hydrogen-bond donors (Lipinski definition) is 0. The van der Waals surface area contributed by atoms with Crippen LogP contribution in [-0.2, 0) is 8.85 Å². The molecule has 0 aromatic rings. The van der Waals surface area contributed by atoms with Gasteiger partial charge in [0.2, 0.25) is 0 Å². The maximum Gasteiger partial charge on any atom is 0.320 e. The van der Waals surface area contributed by atoms with Crippen LogP contribution in [0.25, 0.3) is 0 Å². The minimum absolute atomic E-state index is 0.268. The molecule has 0 radical (unpaired) electrons. The maximum absolute atomic E-state index is 11.5. The Labute approximate surface area is 56.8 Å². The Morgan fingerprint density at radius 2 is 1.89 bits per heavy atom. The van der Waals surface area contributed by atoms with Crippen molar-refractivity contribution in [3.05, 3.63) is 0 Å². The Kier molecular flexibility index (Phi) is 6.24. The molecule has 0 unspecified atom stereocenters. The number of alkyl halides is 1.